The first-order valence-corrected chi connectivity index (χ1v) is 7.89. The summed E-state index contributed by atoms with van der Waals surface area (Å²) in [5.41, 5.74) is 3.48. The van der Waals surface area contributed by atoms with E-state index in [0.29, 0.717) is 5.65 Å². The molecule has 3 aromatic rings. The molecule has 1 amide bonds. The number of aromatic amines is 1. The van der Waals surface area contributed by atoms with Gasteiger partial charge in [-0.15, -0.1) is 0 Å². The van der Waals surface area contributed by atoms with Crippen LogP contribution < -0.4 is 5.32 Å². The molecule has 2 N–H and O–H groups in total. The van der Waals surface area contributed by atoms with E-state index in [1.165, 1.54) is 23.7 Å². The van der Waals surface area contributed by atoms with Gasteiger partial charge in [-0.3, -0.25) is 4.79 Å². The topological polar surface area (TPSA) is 83.6 Å². The van der Waals surface area contributed by atoms with Gasteiger partial charge in [0.05, 0.1) is 11.6 Å². The van der Waals surface area contributed by atoms with Crippen LogP contribution in [0.5, 0.6) is 0 Å². The third-order valence-electron chi connectivity index (χ3n) is 3.69. The number of thioether (sulfide) groups is 1. The number of H-pyrrole nitrogens is 1. The fraction of sp³-hybridized carbons (Fsp3) is 0.200. The Morgan fingerprint density at radius 2 is 2.09 bits per heavy atom. The average Bonchev–Trinajstić information content (AvgIpc) is 2.96. The number of nitrogens with one attached hydrogen (secondary N) is 2. The Morgan fingerprint density at radius 1 is 1.18 bits per heavy atom. The summed E-state index contributed by atoms with van der Waals surface area (Å²) >= 11 is 1.46. The molecule has 0 radical (unpaired) electrons. The summed E-state index contributed by atoms with van der Waals surface area (Å²) in [4.78, 5) is 28.0. The Kier molecular flexibility index (Phi) is 3.27. The summed E-state index contributed by atoms with van der Waals surface area (Å²) in [5, 5.41) is 3.58. The van der Waals surface area contributed by atoms with Gasteiger partial charge in [0.2, 0.25) is 5.91 Å². The van der Waals surface area contributed by atoms with E-state index >= 15 is 0 Å². The summed E-state index contributed by atoms with van der Waals surface area (Å²) in [6.45, 7) is 0. The van der Waals surface area contributed by atoms with Crippen molar-refractivity contribution in [1.29, 1.82) is 0 Å². The standard InChI is InChI=1S/C15H13N5OS/c21-14-11(6-5-9-3-1-2-4-10(9)20-14)22-15-12-13(17-7-16-12)18-8-19-15/h1-4,7-8,11H,5-6H2,(H,20,21)(H,16,17,18,19)/t11-/m0/s1. The number of amides is 1. The van der Waals surface area contributed by atoms with Crippen LogP contribution in [0.25, 0.3) is 11.2 Å². The van der Waals surface area contributed by atoms with Crippen molar-refractivity contribution in [2.45, 2.75) is 23.1 Å². The first-order chi connectivity index (χ1) is 10.8. The van der Waals surface area contributed by atoms with E-state index < -0.39 is 0 Å². The van der Waals surface area contributed by atoms with E-state index in [4.69, 9.17) is 0 Å². The molecule has 0 fully saturated rings. The number of carbonyl (C=O) groups is 1. The number of para-hydroxylation sites is 1. The maximum atomic E-state index is 12.5. The van der Waals surface area contributed by atoms with E-state index in [1.807, 2.05) is 18.2 Å². The van der Waals surface area contributed by atoms with Crippen molar-refractivity contribution in [1.82, 2.24) is 19.9 Å². The molecule has 0 bridgehead atoms. The van der Waals surface area contributed by atoms with Gasteiger partial charge in [-0.1, -0.05) is 30.0 Å². The Balaban J connectivity index is 1.61. The van der Waals surface area contributed by atoms with Crippen LogP contribution in [0, 0.1) is 0 Å². The molecular formula is C15H13N5OS. The van der Waals surface area contributed by atoms with Crippen molar-refractivity contribution in [3.63, 3.8) is 0 Å². The molecule has 1 atom stereocenters. The summed E-state index contributed by atoms with van der Waals surface area (Å²) in [6, 6.07) is 7.93. The third kappa shape index (κ3) is 2.33. The predicted octanol–water partition coefficient (Wildman–Crippen LogP) is 2.40. The molecule has 3 heterocycles. The fourth-order valence-electron chi connectivity index (χ4n) is 2.57. The summed E-state index contributed by atoms with van der Waals surface area (Å²) < 4.78 is 0. The predicted molar refractivity (Wildman–Crippen MR) is 84.7 cm³/mol. The van der Waals surface area contributed by atoms with Crippen molar-refractivity contribution in [3.8, 4) is 0 Å². The molecule has 22 heavy (non-hydrogen) atoms. The minimum Gasteiger partial charge on any atom is -0.341 e. The summed E-state index contributed by atoms with van der Waals surface area (Å²) in [5.74, 6) is 0.0150. The van der Waals surface area contributed by atoms with E-state index in [0.717, 1.165) is 29.1 Å². The van der Waals surface area contributed by atoms with Gasteiger partial charge in [0.1, 0.15) is 16.9 Å². The average molecular weight is 311 g/mol. The first kappa shape index (κ1) is 13.3. The largest absolute Gasteiger partial charge is 0.341 e. The van der Waals surface area contributed by atoms with Crippen molar-refractivity contribution < 1.29 is 4.79 Å². The lowest BCUT2D eigenvalue weighted by atomic mass is 10.1. The van der Waals surface area contributed by atoms with Gasteiger partial charge in [0, 0.05) is 5.69 Å². The normalized spacial score (nSPS) is 17.8. The van der Waals surface area contributed by atoms with Crippen LogP contribution >= 0.6 is 11.8 Å². The van der Waals surface area contributed by atoms with Crippen LogP contribution in [0.1, 0.15) is 12.0 Å². The minimum absolute atomic E-state index is 0.0150. The van der Waals surface area contributed by atoms with Crippen LogP contribution in [0.4, 0.5) is 5.69 Å². The van der Waals surface area contributed by atoms with Gasteiger partial charge in [-0.2, -0.15) is 0 Å². The zero-order valence-electron chi connectivity index (χ0n) is 11.6. The second kappa shape index (κ2) is 5.42. The fourth-order valence-corrected chi connectivity index (χ4v) is 3.62. The molecule has 6 nitrogen and oxygen atoms in total. The number of carbonyl (C=O) groups excluding carboxylic acids is 1. The van der Waals surface area contributed by atoms with Gasteiger partial charge in [-0.05, 0) is 24.5 Å². The molecule has 1 aliphatic heterocycles. The number of hydrogen-bond acceptors (Lipinski definition) is 5. The third-order valence-corrected chi connectivity index (χ3v) is 4.95. The minimum atomic E-state index is -0.186. The quantitative estimate of drug-likeness (QED) is 0.710. The number of rotatable bonds is 2. The molecule has 0 saturated carbocycles. The molecule has 7 heteroatoms. The second-order valence-electron chi connectivity index (χ2n) is 5.07. The van der Waals surface area contributed by atoms with Crippen molar-refractivity contribution >= 4 is 34.5 Å². The molecule has 1 aliphatic rings. The lowest BCUT2D eigenvalue weighted by Gasteiger charge is -2.12. The highest BCUT2D eigenvalue weighted by Crippen LogP contribution is 2.32. The molecule has 4 rings (SSSR count). The maximum absolute atomic E-state index is 12.5. The summed E-state index contributed by atoms with van der Waals surface area (Å²) in [7, 11) is 0. The monoisotopic (exact) mass is 311 g/mol. The van der Waals surface area contributed by atoms with Crippen molar-refractivity contribution in [3.05, 3.63) is 42.5 Å². The number of anilines is 1. The Bertz CT molecular complexity index is 847. The van der Waals surface area contributed by atoms with Crippen molar-refractivity contribution in [2.24, 2.45) is 0 Å². The smallest absolute Gasteiger partial charge is 0.237 e. The van der Waals surface area contributed by atoms with Crippen LogP contribution in [0.15, 0.2) is 41.9 Å². The Hall–Kier alpha value is -2.41. The van der Waals surface area contributed by atoms with Gasteiger partial charge < -0.3 is 10.3 Å². The molecular weight excluding hydrogens is 298 g/mol. The molecule has 0 spiro atoms. The summed E-state index contributed by atoms with van der Waals surface area (Å²) in [6.07, 6.45) is 4.71. The number of hydrogen-bond donors (Lipinski definition) is 2. The molecule has 0 saturated heterocycles. The highest BCUT2D eigenvalue weighted by Gasteiger charge is 2.25. The first-order valence-electron chi connectivity index (χ1n) is 7.01. The highest BCUT2D eigenvalue weighted by molar-refractivity contribution is 8.00. The highest BCUT2D eigenvalue weighted by atomic mass is 32.2. The van der Waals surface area contributed by atoms with Crippen LogP contribution in [-0.4, -0.2) is 31.1 Å². The SMILES string of the molecule is O=C1Nc2ccccc2CC[C@@H]1Sc1ncnc2nc[nH]c12. The number of imidazole rings is 1. The van der Waals surface area contributed by atoms with E-state index in [2.05, 4.69) is 31.3 Å². The van der Waals surface area contributed by atoms with Crippen LogP contribution in [0.2, 0.25) is 0 Å². The molecule has 110 valence electrons. The number of benzene rings is 1. The van der Waals surface area contributed by atoms with E-state index in [1.54, 1.807) is 6.33 Å². The number of aromatic nitrogens is 4. The Labute approximate surface area is 130 Å². The molecule has 1 aromatic carbocycles. The van der Waals surface area contributed by atoms with E-state index in [9.17, 15) is 4.79 Å². The lowest BCUT2D eigenvalue weighted by molar-refractivity contribution is -0.115. The number of fused-ring (bicyclic) bond motifs is 2. The molecule has 0 aliphatic carbocycles. The van der Waals surface area contributed by atoms with E-state index in [-0.39, 0.29) is 11.2 Å². The van der Waals surface area contributed by atoms with Gasteiger partial charge in [0.25, 0.3) is 0 Å². The molecule has 2 aromatic heterocycles. The van der Waals surface area contributed by atoms with Gasteiger partial charge in [-0.25, -0.2) is 15.0 Å². The zero-order chi connectivity index (χ0) is 14.9. The maximum Gasteiger partial charge on any atom is 0.237 e. The van der Waals surface area contributed by atoms with Crippen molar-refractivity contribution in [2.75, 3.05) is 5.32 Å². The zero-order valence-corrected chi connectivity index (χ0v) is 12.4. The molecule has 0 unspecified atom stereocenters. The number of nitrogens with zero attached hydrogens (tertiary/aromatic N) is 3. The lowest BCUT2D eigenvalue weighted by Crippen LogP contribution is -2.23. The second-order valence-corrected chi connectivity index (χ2v) is 6.26. The van der Waals surface area contributed by atoms with Crippen LogP contribution in [-0.2, 0) is 11.2 Å². The Morgan fingerprint density at radius 3 is 3.05 bits per heavy atom. The van der Waals surface area contributed by atoms with Gasteiger partial charge >= 0.3 is 0 Å². The van der Waals surface area contributed by atoms with Gasteiger partial charge in [0.15, 0.2) is 5.65 Å². The van der Waals surface area contributed by atoms with Crippen LogP contribution in [0.3, 0.4) is 0 Å². The number of aryl methyl sites for hydroxylation is 1.